The third kappa shape index (κ3) is 5.29. The molecule has 2 N–H and O–H groups in total. The first-order valence-corrected chi connectivity index (χ1v) is 11.6. The molecule has 0 saturated carbocycles. The van der Waals surface area contributed by atoms with Gasteiger partial charge in [0.2, 0.25) is 10.0 Å². The Labute approximate surface area is 177 Å². The number of amides is 2. The summed E-state index contributed by atoms with van der Waals surface area (Å²) in [6, 6.07) is 13.5. The van der Waals surface area contributed by atoms with E-state index in [1.54, 1.807) is 30.3 Å². The molecular weight excluding hydrogens is 410 g/mol. The third-order valence-electron chi connectivity index (χ3n) is 5.06. The molecule has 0 aliphatic carbocycles. The molecule has 0 bridgehead atoms. The number of hydrogen-bond donors (Lipinski definition) is 2. The van der Waals surface area contributed by atoms with Gasteiger partial charge in [-0.15, -0.1) is 0 Å². The van der Waals surface area contributed by atoms with Crippen molar-refractivity contribution in [2.75, 3.05) is 13.1 Å². The molecule has 1 aliphatic heterocycles. The van der Waals surface area contributed by atoms with Crippen LogP contribution < -0.4 is 10.6 Å². The van der Waals surface area contributed by atoms with Crippen molar-refractivity contribution >= 4 is 27.7 Å². The normalized spacial score (nSPS) is 16.2. The summed E-state index contributed by atoms with van der Waals surface area (Å²) in [6.45, 7) is 3.04. The zero-order chi connectivity index (χ0) is 20.9. The minimum atomic E-state index is -3.57. The van der Waals surface area contributed by atoms with E-state index in [2.05, 4.69) is 10.6 Å². The van der Waals surface area contributed by atoms with Gasteiger partial charge in [0, 0.05) is 24.7 Å². The van der Waals surface area contributed by atoms with Crippen molar-refractivity contribution in [2.45, 2.75) is 43.7 Å². The van der Waals surface area contributed by atoms with E-state index >= 15 is 0 Å². The largest absolute Gasteiger partial charge is 0.334 e. The van der Waals surface area contributed by atoms with Gasteiger partial charge < -0.3 is 10.6 Å². The number of rotatable bonds is 6. The van der Waals surface area contributed by atoms with Crippen molar-refractivity contribution in [3.8, 4) is 0 Å². The van der Waals surface area contributed by atoms with Gasteiger partial charge in [-0.3, -0.25) is 0 Å². The smallest absolute Gasteiger partial charge is 0.315 e. The standard InChI is InChI=1S/C21H26ClN3O3S/c1-16(18-10-4-5-11-19(18)22)24-21(26)23-15-17-9-3-6-12-20(17)29(27,28)25-13-7-2-8-14-25/h3-6,9-12,16H,2,7-8,13-15H2,1H3,(H2,23,24,26). The van der Waals surface area contributed by atoms with Crippen LogP contribution in [-0.4, -0.2) is 31.8 Å². The second-order valence-corrected chi connectivity index (χ2v) is 9.46. The van der Waals surface area contributed by atoms with E-state index in [4.69, 9.17) is 11.6 Å². The fourth-order valence-corrected chi connectivity index (χ4v) is 5.51. The lowest BCUT2D eigenvalue weighted by molar-refractivity contribution is 0.237. The lowest BCUT2D eigenvalue weighted by atomic mass is 10.1. The summed E-state index contributed by atoms with van der Waals surface area (Å²) >= 11 is 6.18. The molecule has 1 unspecified atom stereocenters. The van der Waals surface area contributed by atoms with Crippen LogP contribution in [0.2, 0.25) is 5.02 Å². The van der Waals surface area contributed by atoms with E-state index in [9.17, 15) is 13.2 Å². The number of carbonyl (C=O) groups is 1. The second-order valence-electron chi connectivity index (χ2n) is 7.14. The molecule has 8 heteroatoms. The molecule has 1 aliphatic rings. The average molecular weight is 436 g/mol. The fraction of sp³-hybridized carbons (Fsp3) is 0.381. The lowest BCUT2D eigenvalue weighted by Crippen LogP contribution is -2.38. The fourth-order valence-electron chi connectivity index (χ4n) is 3.47. The zero-order valence-corrected chi connectivity index (χ0v) is 18.0. The van der Waals surface area contributed by atoms with Gasteiger partial charge in [-0.05, 0) is 43.0 Å². The van der Waals surface area contributed by atoms with E-state index in [0.29, 0.717) is 23.7 Å². The molecule has 2 aromatic carbocycles. The van der Waals surface area contributed by atoms with Gasteiger partial charge in [-0.2, -0.15) is 4.31 Å². The number of piperidine rings is 1. The number of sulfonamides is 1. The van der Waals surface area contributed by atoms with Crippen LogP contribution in [0.25, 0.3) is 0 Å². The number of carbonyl (C=O) groups excluding carboxylic acids is 1. The number of hydrogen-bond acceptors (Lipinski definition) is 3. The molecule has 2 aromatic rings. The molecule has 0 aromatic heterocycles. The topological polar surface area (TPSA) is 78.5 Å². The molecular formula is C21H26ClN3O3S. The molecule has 1 atom stereocenters. The molecule has 2 amide bonds. The molecule has 1 saturated heterocycles. The van der Waals surface area contributed by atoms with Crippen molar-refractivity contribution in [1.29, 1.82) is 0 Å². The van der Waals surface area contributed by atoms with E-state index < -0.39 is 10.0 Å². The number of nitrogens with zero attached hydrogens (tertiary/aromatic N) is 1. The van der Waals surface area contributed by atoms with E-state index in [1.807, 2.05) is 25.1 Å². The minimum absolute atomic E-state index is 0.115. The number of nitrogens with one attached hydrogen (secondary N) is 2. The Bertz CT molecular complexity index is 959. The lowest BCUT2D eigenvalue weighted by Gasteiger charge is -2.27. The highest BCUT2D eigenvalue weighted by Crippen LogP contribution is 2.24. The van der Waals surface area contributed by atoms with Crippen LogP contribution in [0.4, 0.5) is 4.79 Å². The summed E-state index contributed by atoms with van der Waals surface area (Å²) in [7, 11) is -3.57. The molecule has 3 rings (SSSR count). The van der Waals surface area contributed by atoms with Gasteiger partial charge in [0.05, 0.1) is 10.9 Å². The number of halogens is 1. The summed E-state index contributed by atoms with van der Waals surface area (Å²) in [4.78, 5) is 12.6. The van der Waals surface area contributed by atoms with Crippen LogP contribution >= 0.6 is 11.6 Å². The predicted octanol–water partition coefficient (Wildman–Crippen LogP) is 4.08. The maximum absolute atomic E-state index is 13.0. The van der Waals surface area contributed by atoms with Crippen LogP contribution in [0.15, 0.2) is 53.4 Å². The van der Waals surface area contributed by atoms with Crippen molar-refractivity contribution in [1.82, 2.24) is 14.9 Å². The summed E-state index contributed by atoms with van der Waals surface area (Å²) in [5.74, 6) is 0. The van der Waals surface area contributed by atoms with Gasteiger partial charge in [0.15, 0.2) is 0 Å². The predicted molar refractivity (Wildman–Crippen MR) is 114 cm³/mol. The Hall–Kier alpha value is -2.09. The third-order valence-corrected chi connectivity index (χ3v) is 7.41. The van der Waals surface area contributed by atoms with Crippen molar-refractivity contribution in [2.24, 2.45) is 0 Å². The summed E-state index contributed by atoms with van der Waals surface area (Å²) in [5.41, 5.74) is 1.39. The van der Waals surface area contributed by atoms with Gasteiger partial charge in [0.25, 0.3) is 0 Å². The number of benzene rings is 2. The first kappa shape index (κ1) is 21.6. The Morgan fingerprint density at radius 2 is 1.72 bits per heavy atom. The van der Waals surface area contributed by atoms with Crippen LogP contribution in [0.1, 0.15) is 43.4 Å². The molecule has 0 spiro atoms. The van der Waals surface area contributed by atoms with Gasteiger partial charge in [0.1, 0.15) is 0 Å². The first-order valence-electron chi connectivity index (χ1n) is 9.76. The Balaban J connectivity index is 1.67. The van der Waals surface area contributed by atoms with Crippen LogP contribution in [0.3, 0.4) is 0 Å². The SMILES string of the molecule is CC(NC(=O)NCc1ccccc1S(=O)(=O)N1CCCCC1)c1ccccc1Cl. The maximum Gasteiger partial charge on any atom is 0.315 e. The molecule has 1 fully saturated rings. The van der Waals surface area contributed by atoms with Crippen LogP contribution in [0.5, 0.6) is 0 Å². The van der Waals surface area contributed by atoms with E-state index in [1.165, 1.54) is 4.31 Å². The van der Waals surface area contributed by atoms with Crippen molar-refractivity contribution in [3.63, 3.8) is 0 Å². The highest BCUT2D eigenvalue weighted by Gasteiger charge is 2.28. The quantitative estimate of drug-likeness (QED) is 0.717. The molecule has 6 nitrogen and oxygen atoms in total. The van der Waals surface area contributed by atoms with Gasteiger partial charge in [-0.1, -0.05) is 54.4 Å². The summed E-state index contributed by atoms with van der Waals surface area (Å²) in [5, 5.41) is 6.17. The Kier molecular flexibility index (Phi) is 7.16. The molecule has 29 heavy (non-hydrogen) atoms. The zero-order valence-electron chi connectivity index (χ0n) is 16.4. The summed E-state index contributed by atoms with van der Waals surface area (Å²) < 4.78 is 27.6. The van der Waals surface area contributed by atoms with Gasteiger partial charge in [-0.25, -0.2) is 13.2 Å². The van der Waals surface area contributed by atoms with E-state index in [-0.39, 0.29) is 23.5 Å². The van der Waals surface area contributed by atoms with Crippen LogP contribution in [-0.2, 0) is 16.6 Å². The average Bonchev–Trinajstić information content (AvgIpc) is 2.73. The van der Waals surface area contributed by atoms with Crippen molar-refractivity contribution < 1.29 is 13.2 Å². The Morgan fingerprint density at radius 1 is 1.07 bits per heavy atom. The molecule has 0 radical (unpaired) electrons. The van der Waals surface area contributed by atoms with Gasteiger partial charge >= 0.3 is 6.03 Å². The van der Waals surface area contributed by atoms with Crippen LogP contribution in [0, 0.1) is 0 Å². The highest BCUT2D eigenvalue weighted by molar-refractivity contribution is 7.89. The van der Waals surface area contributed by atoms with Crippen molar-refractivity contribution in [3.05, 3.63) is 64.7 Å². The maximum atomic E-state index is 13.0. The minimum Gasteiger partial charge on any atom is -0.334 e. The highest BCUT2D eigenvalue weighted by atomic mass is 35.5. The Morgan fingerprint density at radius 3 is 2.45 bits per heavy atom. The monoisotopic (exact) mass is 435 g/mol. The first-order chi connectivity index (χ1) is 13.9. The molecule has 1 heterocycles. The number of urea groups is 1. The second kappa shape index (κ2) is 9.61. The molecule has 156 valence electrons. The summed E-state index contributed by atoms with van der Waals surface area (Å²) in [6.07, 6.45) is 2.81. The van der Waals surface area contributed by atoms with E-state index in [0.717, 1.165) is 24.8 Å².